The molecule has 0 heterocycles. The highest BCUT2D eigenvalue weighted by atomic mass is 35.5. The van der Waals surface area contributed by atoms with Crippen LogP contribution < -0.4 is 5.32 Å². The SMILES string of the molecule is CCC1CCC(C#N)(NC(=O)c2ccc(Cl)cc2F)CC1. The highest BCUT2D eigenvalue weighted by Crippen LogP contribution is 2.33. The van der Waals surface area contributed by atoms with Crippen LogP contribution in [0.3, 0.4) is 0 Å². The van der Waals surface area contributed by atoms with Crippen LogP contribution in [-0.4, -0.2) is 11.4 Å². The lowest BCUT2D eigenvalue weighted by Gasteiger charge is -2.35. The Kier molecular flexibility index (Phi) is 4.84. The van der Waals surface area contributed by atoms with Crippen LogP contribution in [0.1, 0.15) is 49.4 Å². The van der Waals surface area contributed by atoms with Crippen LogP contribution >= 0.6 is 11.6 Å². The maximum Gasteiger partial charge on any atom is 0.255 e. The summed E-state index contributed by atoms with van der Waals surface area (Å²) in [5.74, 6) is -0.619. The number of halogens is 2. The molecule has 1 aliphatic carbocycles. The van der Waals surface area contributed by atoms with Crippen molar-refractivity contribution in [3.63, 3.8) is 0 Å². The summed E-state index contributed by atoms with van der Waals surface area (Å²) >= 11 is 5.68. The number of carbonyl (C=O) groups is 1. The molecular weight excluding hydrogens is 291 g/mol. The van der Waals surface area contributed by atoms with Gasteiger partial charge in [-0.25, -0.2) is 4.39 Å². The summed E-state index contributed by atoms with van der Waals surface area (Å²) in [5.41, 5.74) is -0.957. The Morgan fingerprint density at radius 1 is 1.52 bits per heavy atom. The molecule has 0 bridgehead atoms. The Labute approximate surface area is 129 Å². The predicted molar refractivity (Wildman–Crippen MR) is 79.5 cm³/mol. The van der Waals surface area contributed by atoms with Gasteiger partial charge in [-0.1, -0.05) is 24.9 Å². The van der Waals surface area contributed by atoms with E-state index in [1.165, 1.54) is 12.1 Å². The van der Waals surface area contributed by atoms with Gasteiger partial charge in [0, 0.05) is 5.02 Å². The number of nitriles is 1. The minimum atomic E-state index is -0.880. The molecule has 0 unspecified atom stereocenters. The quantitative estimate of drug-likeness (QED) is 0.915. The predicted octanol–water partition coefficient (Wildman–Crippen LogP) is 4.07. The monoisotopic (exact) mass is 308 g/mol. The van der Waals surface area contributed by atoms with Crippen LogP contribution in [0.15, 0.2) is 18.2 Å². The fourth-order valence-corrected chi connectivity index (χ4v) is 2.96. The Hall–Kier alpha value is -1.60. The second-order valence-electron chi connectivity index (χ2n) is 5.62. The van der Waals surface area contributed by atoms with Gasteiger partial charge in [0.2, 0.25) is 0 Å². The minimum absolute atomic E-state index is 0.0772. The van der Waals surface area contributed by atoms with Crippen LogP contribution in [0.2, 0.25) is 5.02 Å². The zero-order valence-corrected chi connectivity index (χ0v) is 12.7. The number of hydrogen-bond acceptors (Lipinski definition) is 2. The van der Waals surface area contributed by atoms with Crippen molar-refractivity contribution in [3.05, 3.63) is 34.6 Å². The van der Waals surface area contributed by atoms with E-state index in [-0.39, 0.29) is 10.6 Å². The molecule has 1 aliphatic rings. The molecule has 1 fully saturated rings. The summed E-state index contributed by atoms with van der Waals surface area (Å²) in [6, 6.07) is 6.12. The van der Waals surface area contributed by atoms with Crippen molar-refractivity contribution in [1.29, 1.82) is 5.26 Å². The van der Waals surface area contributed by atoms with Gasteiger partial charge in [-0.15, -0.1) is 0 Å². The van der Waals surface area contributed by atoms with E-state index in [0.29, 0.717) is 18.8 Å². The summed E-state index contributed by atoms with van der Waals surface area (Å²) in [4.78, 5) is 12.2. The number of benzene rings is 1. The molecule has 5 heteroatoms. The van der Waals surface area contributed by atoms with Crippen molar-refractivity contribution in [1.82, 2.24) is 5.32 Å². The van der Waals surface area contributed by atoms with E-state index in [4.69, 9.17) is 11.6 Å². The molecule has 1 aromatic rings. The average Bonchev–Trinajstić information content (AvgIpc) is 2.47. The third kappa shape index (κ3) is 3.54. The zero-order valence-electron chi connectivity index (χ0n) is 12.0. The molecule has 1 N–H and O–H groups in total. The van der Waals surface area contributed by atoms with Crippen LogP contribution in [0, 0.1) is 23.1 Å². The van der Waals surface area contributed by atoms with Crippen LogP contribution in [0.4, 0.5) is 4.39 Å². The lowest BCUT2D eigenvalue weighted by atomic mass is 9.76. The smallest absolute Gasteiger partial charge is 0.255 e. The zero-order chi connectivity index (χ0) is 15.5. The summed E-state index contributed by atoms with van der Waals surface area (Å²) < 4.78 is 13.8. The number of amides is 1. The van der Waals surface area contributed by atoms with Crippen LogP contribution in [0.25, 0.3) is 0 Å². The number of rotatable bonds is 3. The Morgan fingerprint density at radius 3 is 2.71 bits per heavy atom. The molecule has 0 saturated heterocycles. The summed E-state index contributed by atoms with van der Waals surface area (Å²) in [6.07, 6.45) is 4.13. The highest BCUT2D eigenvalue weighted by Gasteiger charge is 2.36. The van der Waals surface area contributed by atoms with Crippen molar-refractivity contribution in [2.75, 3.05) is 0 Å². The fourth-order valence-electron chi connectivity index (χ4n) is 2.80. The normalized spacial score (nSPS) is 25.1. The van der Waals surface area contributed by atoms with Crippen molar-refractivity contribution in [2.45, 2.75) is 44.6 Å². The van der Waals surface area contributed by atoms with Gasteiger partial charge in [-0.05, 0) is 49.8 Å². The maximum atomic E-state index is 13.8. The summed E-state index contributed by atoms with van der Waals surface area (Å²) in [6.45, 7) is 2.13. The third-order valence-corrected chi connectivity index (χ3v) is 4.51. The van der Waals surface area contributed by atoms with E-state index in [1.54, 1.807) is 0 Å². The molecule has 1 amide bonds. The molecule has 0 atom stereocenters. The Morgan fingerprint density at radius 2 is 2.19 bits per heavy atom. The van der Waals surface area contributed by atoms with E-state index in [0.717, 1.165) is 25.3 Å². The van der Waals surface area contributed by atoms with Gasteiger partial charge in [-0.3, -0.25) is 4.79 Å². The van der Waals surface area contributed by atoms with Crippen molar-refractivity contribution < 1.29 is 9.18 Å². The van der Waals surface area contributed by atoms with Gasteiger partial charge in [0.25, 0.3) is 5.91 Å². The van der Waals surface area contributed by atoms with E-state index in [1.807, 2.05) is 0 Å². The topological polar surface area (TPSA) is 52.9 Å². The molecule has 2 rings (SSSR count). The van der Waals surface area contributed by atoms with Gasteiger partial charge in [0.15, 0.2) is 0 Å². The van der Waals surface area contributed by atoms with Crippen LogP contribution in [-0.2, 0) is 0 Å². The molecular formula is C16H18ClFN2O. The molecule has 0 radical (unpaired) electrons. The van der Waals surface area contributed by atoms with Gasteiger partial charge in [0.05, 0.1) is 11.6 Å². The molecule has 0 aliphatic heterocycles. The minimum Gasteiger partial charge on any atom is -0.334 e. The van der Waals surface area contributed by atoms with E-state index in [2.05, 4.69) is 18.3 Å². The molecule has 0 spiro atoms. The highest BCUT2D eigenvalue weighted by molar-refractivity contribution is 6.30. The largest absolute Gasteiger partial charge is 0.334 e. The lowest BCUT2D eigenvalue weighted by molar-refractivity contribution is 0.0887. The van der Waals surface area contributed by atoms with Crippen LogP contribution in [0.5, 0.6) is 0 Å². The Bertz CT molecular complexity index is 574. The van der Waals surface area contributed by atoms with Gasteiger partial charge >= 0.3 is 0 Å². The summed E-state index contributed by atoms with van der Waals surface area (Å²) in [7, 11) is 0. The molecule has 21 heavy (non-hydrogen) atoms. The standard InChI is InChI=1S/C16H18ClFN2O/c1-2-11-5-7-16(10-19,8-6-11)20-15(21)13-4-3-12(17)9-14(13)18/h3-4,9,11H,2,5-8H2,1H3,(H,20,21). The first-order valence-electron chi connectivity index (χ1n) is 7.18. The Balaban J connectivity index is 2.12. The third-order valence-electron chi connectivity index (χ3n) is 4.28. The second-order valence-corrected chi connectivity index (χ2v) is 6.06. The van der Waals surface area contributed by atoms with Gasteiger partial charge in [-0.2, -0.15) is 5.26 Å². The maximum absolute atomic E-state index is 13.8. The van der Waals surface area contributed by atoms with Crippen molar-refractivity contribution >= 4 is 17.5 Å². The number of nitrogens with one attached hydrogen (secondary N) is 1. The second kappa shape index (κ2) is 6.44. The number of nitrogens with zero attached hydrogens (tertiary/aromatic N) is 1. The molecule has 112 valence electrons. The molecule has 0 aromatic heterocycles. The number of hydrogen-bond donors (Lipinski definition) is 1. The summed E-state index contributed by atoms with van der Waals surface area (Å²) in [5, 5.41) is 12.4. The molecule has 3 nitrogen and oxygen atoms in total. The van der Waals surface area contributed by atoms with E-state index < -0.39 is 17.3 Å². The molecule has 1 aromatic carbocycles. The first-order chi connectivity index (χ1) is 9.99. The van der Waals surface area contributed by atoms with E-state index in [9.17, 15) is 14.4 Å². The van der Waals surface area contributed by atoms with Gasteiger partial charge < -0.3 is 5.32 Å². The molecule has 1 saturated carbocycles. The lowest BCUT2D eigenvalue weighted by Crippen LogP contribution is -2.49. The number of carbonyl (C=O) groups excluding carboxylic acids is 1. The first kappa shape index (κ1) is 15.8. The van der Waals surface area contributed by atoms with Gasteiger partial charge in [0.1, 0.15) is 11.4 Å². The fraction of sp³-hybridized carbons (Fsp3) is 0.500. The average molecular weight is 309 g/mol. The van der Waals surface area contributed by atoms with Crippen molar-refractivity contribution in [3.8, 4) is 6.07 Å². The van der Waals surface area contributed by atoms with E-state index >= 15 is 0 Å². The first-order valence-corrected chi connectivity index (χ1v) is 7.56. The van der Waals surface area contributed by atoms with Crippen molar-refractivity contribution in [2.24, 2.45) is 5.92 Å².